The van der Waals surface area contributed by atoms with E-state index in [2.05, 4.69) is 19.5 Å². The lowest BCUT2D eigenvalue weighted by molar-refractivity contribution is 0.0564. The summed E-state index contributed by atoms with van der Waals surface area (Å²) in [4.78, 5) is 0. The van der Waals surface area contributed by atoms with Crippen LogP contribution in [-0.4, -0.2) is 29.1 Å². The molecule has 0 N–H and O–H groups in total. The first-order valence-corrected chi connectivity index (χ1v) is 5.23. The molecule has 0 aromatic heterocycles. The van der Waals surface area contributed by atoms with E-state index in [0.29, 0.717) is 29.1 Å². The van der Waals surface area contributed by atoms with Crippen molar-refractivity contribution in [2.75, 3.05) is 13.2 Å². The van der Waals surface area contributed by atoms with E-state index in [1.807, 2.05) is 13.8 Å². The molecule has 0 aromatic rings. The third kappa shape index (κ3) is 9.88. The molecule has 0 aliphatic carbocycles. The Morgan fingerprint density at radius 2 is 2.00 bits per heavy atom. The normalized spacial score (nSPS) is 10.4. The third-order valence-corrected chi connectivity index (χ3v) is 2.13. The molecular weight excluding hydrogens is 168 g/mol. The van der Waals surface area contributed by atoms with E-state index < -0.39 is 0 Å². The molecule has 0 saturated carbocycles. The molecule has 12 heavy (non-hydrogen) atoms. The lowest BCUT2D eigenvalue weighted by Crippen LogP contribution is -2.10. The summed E-state index contributed by atoms with van der Waals surface area (Å²) in [5.41, 5.74) is 3.40. The van der Waals surface area contributed by atoms with E-state index in [0.717, 1.165) is 0 Å². The number of hydrogen-bond donors (Lipinski definition) is 0. The number of ether oxygens (including phenoxy) is 1. The Kier molecular flexibility index (Phi) is 7.44. The van der Waals surface area contributed by atoms with E-state index in [1.165, 1.54) is 5.57 Å². The number of hydrogen-bond acceptors (Lipinski definition) is 2. The summed E-state index contributed by atoms with van der Waals surface area (Å²) in [6.45, 7) is 9.58. The highest BCUT2D eigenvalue weighted by Gasteiger charge is 1.92. The molecule has 0 amide bonds. The molecule has 0 saturated heterocycles. The van der Waals surface area contributed by atoms with Crippen LogP contribution in [0.4, 0.5) is 0 Å². The van der Waals surface area contributed by atoms with Crippen molar-refractivity contribution >= 4 is 9.76 Å². The third-order valence-electron chi connectivity index (χ3n) is 1.07. The molecule has 0 rings (SSSR count). The van der Waals surface area contributed by atoms with E-state index in [4.69, 9.17) is 9.16 Å². The van der Waals surface area contributed by atoms with E-state index in [9.17, 15) is 0 Å². The maximum Gasteiger partial charge on any atom is 0.260 e. The van der Waals surface area contributed by atoms with Crippen molar-refractivity contribution in [3.8, 4) is 0 Å². The molecule has 2 radical (unpaired) electrons. The first-order valence-electron chi connectivity index (χ1n) is 4.25. The topological polar surface area (TPSA) is 18.5 Å². The molecule has 0 aromatic carbocycles. The summed E-state index contributed by atoms with van der Waals surface area (Å²) in [5.74, 6) is 0. The Bertz CT molecular complexity index is 128. The van der Waals surface area contributed by atoms with E-state index in [-0.39, 0.29) is 0 Å². The molecule has 0 aliphatic rings. The predicted molar refractivity (Wildman–Crippen MR) is 52.2 cm³/mol. The van der Waals surface area contributed by atoms with Gasteiger partial charge in [0.1, 0.15) is 0 Å². The standard InChI is InChI=1S/C9H18O2Si/c1-8(2)7-12-11-6-5-10-9(3)4/h7,9H,5-6H2,1-4H3. The fourth-order valence-electron chi connectivity index (χ4n) is 0.544. The zero-order valence-electron chi connectivity index (χ0n) is 8.39. The van der Waals surface area contributed by atoms with Crippen molar-refractivity contribution < 1.29 is 9.16 Å². The van der Waals surface area contributed by atoms with Crippen molar-refractivity contribution in [1.82, 2.24) is 0 Å². The summed E-state index contributed by atoms with van der Waals surface area (Å²) in [6, 6.07) is 0. The molecule has 0 fully saturated rings. The first-order chi connectivity index (χ1) is 5.63. The van der Waals surface area contributed by atoms with Gasteiger partial charge in [-0.15, -0.1) is 0 Å². The molecule has 3 heteroatoms. The zero-order chi connectivity index (χ0) is 9.40. The van der Waals surface area contributed by atoms with Gasteiger partial charge in [-0.05, 0) is 27.7 Å². The molecule has 0 bridgehead atoms. The van der Waals surface area contributed by atoms with Crippen LogP contribution in [-0.2, 0) is 9.16 Å². The molecule has 0 unspecified atom stereocenters. The molecule has 70 valence electrons. The summed E-state index contributed by atoms with van der Waals surface area (Å²) in [7, 11) is 0.474. The van der Waals surface area contributed by atoms with E-state index >= 15 is 0 Å². The quantitative estimate of drug-likeness (QED) is 0.466. The Balaban J connectivity index is 3.06. The van der Waals surface area contributed by atoms with Crippen molar-refractivity contribution in [3.05, 3.63) is 11.3 Å². The average molecular weight is 186 g/mol. The average Bonchev–Trinajstić information content (AvgIpc) is 1.95. The second kappa shape index (κ2) is 7.52. The van der Waals surface area contributed by atoms with Crippen LogP contribution in [0.1, 0.15) is 27.7 Å². The van der Waals surface area contributed by atoms with Crippen molar-refractivity contribution in [3.63, 3.8) is 0 Å². The molecule has 0 aliphatic heterocycles. The van der Waals surface area contributed by atoms with E-state index in [1.54, 1.807) is 0 Å². The largest absolute Gasteiger partial charge is 0.410 e. The summed E-state index contributed by atoms with van der Waals surface area (Å²) < 4.78 is 10.6. The van der Waals surface area contributed by atoms with Crippen LogP contribution in [0.25, 0.3) is 0 Å². The SMILES string of the molecule is CC(C)=C[Si]OCCOC(C)C. The Labute approximate surface area is 77.9 Å². The van der Waals surface area contributed by atoms with Crippen LogP contribution in [0.2, 0.25) is 0 Å². The molecule has 0 atom stereocenters. The Hall–Kier alpha value is -0.123. The van der Waals surface area contributed by atoms with Gasteiger partial charge in [0.15, 0.2) is 0 Å². The van der Waals surface area contributed by atoms with Gasteiger partial charge < -0.3 is 9.16 Å². The van der Waals surface area contributed by atoms with Gasteiger partial charge in [-0.3, -0.25) is 0 Å². The fourth-order valence-corrected chi connectivity index (χ4v) is 1.06. The number of allylic oxidation sites excluding steroid dienone is 1. The van der Waals surface area contributed by atoms with Crippen molar-refractivity contribution in [2.24, 2.45) is 0 Å². The highest BCUT2D eigenvalue weighted by molar-refractivity contribution is 6.34. The van der Waals surface area contributed by atoms with Crippen LogP contribution in [0.15, 0.2) is 11.3 Å². The fraction of sp³-hybridized carbons (Fsp3) is 0.778. The summed E-state index contributed by atoms with van der Waals surface area (Å²) in [5, 5.41) is 0. The van der Waals surface area contributed by atoms with Crippen LogP contribution >= 0.6 is 0 Å². The highest BCUT2D eigenvalue weighted by Crippen LogP contribution is 1.88. The smallest absolute Gasteiger partial charge is 0.260 e. The second-order valence-electron chi connectivity index (χ2n) is 3.11. The van der Waals surface area contributed by atoms with Crippen molar-refractivity contribution in [1.29, 1.82) is 0 Å². The minimum atomic E-state index is 0.306. The van der Waals surface area contributed by atoms with Crippen molar-refractivity contribution in [2.45, 2.75) is 33.8 Å². The molecule has 0 heterocycles. The van der Waals surface area contributed by atoms with Crippen LogP contribution in [0.3, 0.4) is 0 Å². The highest BCUT2D eigenvalue weighted by atomic mass is 28.2. The summed E-state index contributed by atoms with van der Waals surface area (Å²) in [6.07, 6.45) is 0.306. The lowest BCUT2D eigenvalue weighted by Gasteiger charge is -2.06. The van der Waals surface area contributed by atoms with Crippen LogP contribution in [0, 0.1) is 0 Å². The molecular formula is C9H18O2Si. The van der Waals surface area contributed by atoms with Gasteiger partial charge in [-0.1, -0.05) is 11.3 Å². The van der Waals surface area contributed by atoms with Gasteiger partial charge >= 0.3 is 0 Å². The van der Waals surface area contributed by atoms with Gasteiger partial charge in [-0.2, -0.15) is 0 Å². The first kappa shape index (κ1) is 11.9. The predicted octanol–water partition coefficient (Wildman–Crippen LogP) is 1.97. The van der Waals surface area contributed by atoms with Gasteiger partial charge in [0.25, 0.3) is 9.76 Å². The zero-order valence-corrected chi connectivity index (χ0v) is 9.39. The molecule has 0 spiro atoms. The second-order valence-corrected chi connectivity index (χ2v) is 3.92. The maximum atomic E-state index is 5.32. The van der Waals surface area contributed by atoms with Crippen LogP contribution in [0.5, 0.6) is 0 Å². The monoisotopic (exact) mass is 186 g/mol. The molecule has 2 nitrogen and oxygen atoms in total. The lowest BCUT2D eigenvalue weighted by atomic mass is 10.4. The van der Waals surface area contributed by atoms with Crippen LogP contribution < -0.4 is 0 Å². The summed E-state index contributed by atoms with van der Waals surface area (Å²) >= 11 is 0. The number of rotatable bonds is 6. The Morgan fingerprint density at radius 3 is 2.50 bits per heavy atom. The van der Waals surface area contributed by atoms with Gasteiger partial charge in [0.2, 0.25) is 0 Å². The minimum Gasteiger partial charge on any atom is -0.410 e. The van der Waals surface area contributed by atoms with Gasteiger partial charge in [-0.25, -0.2) is 0 Å². The Morgan fingerprint density at radius 1 is 1.33 bits per heavy atom. The van der Waals surface area contributed by atoms with Gasteiger partial charge in [0, 0.05) is 0 Å². The van der Waals surface area contributed by atoms with Gasteiger partial charge in [0.05, 0.1) is 19.3 Å². The minimum absolute atomic E-state index is 0.306. The maximum absolute atomic E-state index is 5.32.